The normalized spacial score (nSPS) is 18.6. The van der Waals surface area contributed by atoms with Crippen LogP contribution in [0.4, 0.5) is 14.5 Å². The topological polar surface area (TPSA) is 203 Å². The highest BCUT2D eigenvalue weighted by Crippen LogP contribution is 2.53. The minimum Gasteiger partial charge on any atom is -0.495 e. The van der Waals surface area contributed by atoms with Crippen molar-refractivity contribution in [3.05, 3.63) is 155 Å². The average Bonchev–Trinajstić information content (AvgIpc) is 4.24. The smallest absolute Gasteiger partial charge is 0.251 e. The van der Waals surface area contributed by atoms with Crippen molar-refractivity contribution in [1.82, 2.24) is 30.7 Å². The number of ether oxygens (including phenoxy) is 4. The van der Waals surface area contributed by atoms with Gasteiger partial charge in [-0.05, 0) is 92.3 Å². The highest BCUT2D eigenvalue weighted by atomic mass is 35.5. The lowest BCUT2D eigenvalue weighted by Crippen LogP contribution is -2.45. The lowest BCUT2D eigenvalue weighted by molar-refractivity contribution is -0.121. The zero-order valence-corrected chi connectivity index (χ0v) is 48.4. The van der Waals surface area contributed by atoms with Crippen molar-refractivity contribution in [2.45, 2.75) is 83.8 Å². The minimum atomic E-state index is -1.82. The number of aromatic nitrogens is 3. The van der Waals surface area contributed by atoms with Gasteiger partial charge in [0, 0.05) is 62.2 Å². The van der Waals surface area contributed by atoms with Crippen LogP contribution < -0.4 is 26.0 Å². The summed E-state index contributed by atoms with van der Waals surface area (Å²) in [5, 5.41) is 33.4. The number of halogens is 5. The molecule has 0 saturated carbocycles. The van der Waals surface area contributed by atoms with Gasteiger partial charge in [-0.3, -0.25) is 23.9 Å². The largest absolute Gasteiger partial charge is 0.495 e. The van der Waals surface area contributed by atoms with Gasteiger partial charge in [-0.1, -0.05) is 85.9 Å². The molecule has 1 fully saturated rings. The molecule has 8 rings (SSSR count). The number of aliphatic imine (C=N–C) groups is 1. The number of anilines is 1. The van der Waals surface area contributed by atoms with Crippen molar-refractivity contribution in [1.29, 1.82) is 5.26 Å². The summed E-state index contributed by atoms with van der Waals surface area (Å²) in [5.74, 6) is -2.77. The molecule has 2 aromatic heterocycles. The molecule has 80 heavy (non-hydrogen) atoms. The third-order valence-corrected chi connectivity index (χ3v) is 16.0. The van der Waals surface area contributed by atoms with E-state index in [1.165, 1.54) is 55.6 Å². The average molecular weight is 1170 g/mol. The minimum absolute atomic E-state index is 0.0499. The molecule has 4 N–H and O–H groups in total. The Kier molecular flexibility index (Phi) is 19.5. The number of fused-ring (bicyclic) bond motifs is 3. The number of hydrogen-bond donors (Lipinski definition) is 4. The van der Waals surface area contributed by atoms with Crippen molar-refractivity contribution in [2.75, 3.05) is 65.2 Å². The molecule has 5 atom stereocenters. The molecular formula is C58H62Cl3F2N9O7S. The van der Waals surface area contributed by atoms with E-state index in [1.807, 2.05) is 56.5 Å². The van der Waals surface area contributed by atoms with Crippen LogP contribution in [0, 0.1) is 49.2 Å². The fourth-order valence-corrected chi connectivity index (χ4v) is 11.9. The van der Waals surface area contributed by atoms with E-state index in [0.717, 1.165) is 38.3 Å². The molecule has 16 nitrogen and oxygen atoms in total. The van der Waals surface area contributed by atoms with Gasteiger partial charge in [0.1, 0.15) is 39.7 Å². The predicted molar refractivity (Wildman–Crippen MR) is 305 cm³/mol. The van der Waals surface area contributed by atoms with Gasteiger partial charge in [-0.2, -0.15) is 5.26 Å². The monoisotopic (exact) mass is 1170 g/mol. The second-order valence-electron chi connectivity index (χ2n) is 20.6. The standard InChI is InChI=1S/C58H62Cl3F2N9O7S/c1-32-33(2)80-56-48(32)51(35-11-14-37(59)15-12-35)67-44(53-71-70-34(3)72(53)56)29-47(73)65-19-21-77-23-25-79-26-24-78-22-20-66-54(74)36-13-18-43(45(27-36)76-7)68-55(75)52-49(39-9-8-10-41(61)50(39)63)58(31-64,46(69-52)30-57(4,5)6)40-17-16-38(60)28-42(40)62/h8-18,27-28,44,46,49,52,69H,19-26,29-30H2,1-7H3,(H,65,73)(H,66,74)(H,68,75)/t44-,46-,49-,52+,58-/m0/s1. The second kappa shape index (κ2) is 26.1. The van der Waals surface area contributed by atoms with Crippen molar-refractivity contribution >= 4 is 75.3 Å². The second-order valence-corrected chi connectivity index (χ2v) is 23.1. The number of carbonyl (C=O) groups is 3. The molecule has 4 heterocycles. The van der Waals surface area contributed by atoms with E-state index < -0.39 is 58.3 Å². The Bertz CT molecular complexity index is 3330. The zero-order chi connectivity index (χ0) is 57.5. The number of rotatable bonds is 22. The maximum absolute atomic E-state index is 16.2. The van der Waals surface area contributed by atoms with E-state index in [0.29, 0.717) is 29.9 Å². The third kappa shape index (κ3) is 13.2. The molecule has 0 bridgehead atoms. The molecule has 422 valence electrons. The molecule has 4 aromatic carbocycles. The molecule has 0 unspecified atom stereocenters. The Morgan fingerprint density at radius 3 is 2.20 bits per heavy atom. The Labute approximate surface area is 482 Å². The Morgan fingerprint density at radius 1 is 0.863 bits per heavy atom. The molecule has 22 heteroatoms. The van der Waals surface area contributed by atoms with Crippen LogP contribution in [-0.2, 0) is 29.2 Å². The number of benzene rings is 4. The lowest BCUT2D eigenvalue weighted by atomic mass is 9.62. The maximum atomic E-state index is 16.2. The first kappa shape index (κ1) is 59.8. The molecular weight excluding hydrogens is 1110 g/mol. The van der Waals surface area contributed by atoms with Crippen LogP contribution in [0.15, 0.2) is 83.9 Å². The zero-order valence-electron chi connectivity index (χ0n) is 45.3. The van der Waals surface area contributed by atoms with Gasteiger partial charge in [0.05, 0.1) is 81.7 Å². The summed E-state index contributed by atoms with van der Waals surface area (Å²) in [5.41, 5.74) is 1.81. The fraction of sp³-hybridized carbons (Fsp3) is 0.397. The third-order valence-electron chi connectivity index (χ3n) is 14.0. The van der Waals surface area contributed by atoms with Gasteiger partial charge in [-0.15, -0.1) is 21.5 Å². The number of carbonyl (C=O) groups excluding carboxylic acids is 3. The van der Waals surface area contributed by atoms with Gasteiger partial charge in [0.2, 0.25) is 11.8 Å². The van der Waals surface area contributed by atoms with Crippen LogP contribution in [-0.4, -0.2) is 110 Å². The quantitative estimate of drug-likeness (QED) is 0.0471. The Balaban J connectivity index is 0.776. The van der Waals surface area contributed by atoms with Crippen LogP contribution in [0.2, 0.25) is 15.1 Å². The molecule has 0 aliphatic carbocycles. The van der Waals surface area contributed by atoms with E-state index in [1.54, 1.807) is 11.3 Å². The van der Waals surface area contributed by atoms with Crippen LogP contribution in [0.3, 0.4) is 0 Å². The number of thiophene rings is 1. The van der Waals surface area contributed by atoms with Gasteiger partial charge in [0.25, 0.3) is 5.91 Å². The number of nitrogens with one attached hydrogen (secondary N) is 4. The number of aryl methyl sites for hydroxylation is 2. The predicted octanol–water partition coefficient (Wildman–Crippen LogP) is 10.3. The highest BCUT2D eigenvalue weighted by molar-refractivity contribution is 7.15. The number of nitriles is 1. The summed E-state index contributed by atoms with van der Waals surface area (Å²) >= 11 is 20.3. The Hall–Kier alpha value is -6.34. The summed E-state index contributed by atoms with van der Waals surface area (Å²) in [6, 6.07) is 19.8. The summed E-state index contributed by atoms with van der Waals surface area (Å²) in [6.07, 6.45) is 0.345. The van der Waals surface area contributed by atoms with Gasteiger partial charge in [-0.25, -0.2) is 8.78 Å². The first-order valence-corrected chi connectivity index (χ1v) is 27.9. The highest BCUT2D eigenvalue weighted by Gasteiger charge is 2.61. The molecule has 1 saturated heterocycles. The summed E-state index contributed by atoms with van der Waals surface area (Å²) < 4.78 is 56.8. The summed E-state index contributed by atoms with van der Waals surface area (Å²) in [4.78, 5) is 47.4. The Morgan fingerprint density at radius 2 is 1.54 bits per heavy atom. The van der Waals surface area contributed by atoms with Gasteiger partial charge in [0.15, 0.2) is 5.82 Å². The van der Waals surface area contributed by atoms with Crippen LogP contribution in [0.1, 0.15) is 100 Å². The molecule has 3 amide bonds. The molecule has 0 spiro atoms. The van der Waals surface area contributed by atoms with E-state index in [9.17, 15) is 19.6 Å². The van der Waals surface area contributed by atoms with Crippen molar-refractivity contribution in [3.8, 4) is 16.8 Å². The first-order valence-electron chi connectivity index (χ1n) is 26.0. The molecule has 0 radical (unpaired) electrons. The van der Waals surface area contributed by atoms with Crippen molar-refractivity contribution in [2.24, 2.45) is 10.4 Å². The number of methoxy groups -OCH3 is 1. The van der Waals surface area contributed by atoms with E-state index in [2.05, 4.69) is 51.4 Å². The SMILES string of the molecule is COc1cc(C(=O)NCCOCCOCCOCCNC(=O)C[C@@H]2N=C(c3ccc(Cl)cc3)c3c(sc(C)c3C)-n3c(C)nnc32)ccc1NC(=O)[C@@H]1N[C@@H](CC(C)(C)C)[C@](C#N)(c2ccc(Cl)cc2F)[C@H]1c1cccc(Cl)c1F. The van der Waals surface area contributed by atoms with Crippen LogP contribution >= 0.6 is 46.1 Å². The first-order chi connectivity index (χ1) is 38.3. The fourth-order valence-electron chi connectivity index (χ4n) is 10.2. The van der Waals surface area contributed by atoms with Crippen molar-refractivity contribution < 1.29 is 42.1 Å². The van der Waals surface area contributed by atoms with Crippen LogP contribution in [0.5, 0.6) is 5.75 Å². The summed E-state index contributed by atoms with van der Waals surface area (Å²) in [6.45, 7) is 14.0. The number of hydrogen-bond acceptors (Lipinski definition) is 13. The van der Waals surface area contributed by atoms with Gasteiger partial charge >= 0.3 is 0 Å². The van der Waals surface area contributed by atoms with Crippen molar-refractivity contribution in [3.63, 3.8) is 0 Å². The molecule has 6 aromatic rings. The molecule has 2 aliphatic heterocycles. The van der Waals surface area contributed by atoms with Crippen LogP contribution in [0.25, 0.3) is 5.00 Å². The number of nitrogens with zero attached hydrogens (tertiary/aromatic N) is 5. The van der Waals surface area contributed by atoms with E-state index in [4.69, 9.17) is 58.7 Å². The van der Waals surface area contributed by atoms with E-state index in [-0.39, 0.29) is 96.4 Å². The maximum Gasteiger partial charge on any atom is 0.251 e. The van der Waals surface area contributed by atoms with E-state index >= 15 is 8.78 Å². The lowest BCUT2D eigenvalue weighted by Gasteiger charge is -2.37. The molecule has 2 aliphatic rings. The van der Waals surface area contributed by atoms with Gasteiger partial charge < -0.3 is 40.2 Å². The number of amides is 3. The summed E-state index contributed by atoms with van der Waals surface area (Å²) in [7, 11) is 1.38.